The predicted octanol–water partition coefficient (Wildman–Crippen LogP) is 4.21. The number of amides is 1. The van der Waals surface area contributed by atoms with Crippen molar-refractivity contribution in [1.82, 2.24) is 10.3 Å². The minimum Gasteiger partial charge on any atom is -0.490 e. The summed E-state index contributed by atoms with van der Waals surface area (Å²) < 4.78 is 16.8. The van der Waals surface area contributed by atoms with Gasteiger partial charge in [-0.15, -0.1) is 0 Å². The Labute approximate surface area is 200 Å². The largest absolute Gasteiger partial charge is 0.490 e. The molecule has 7 heteroatoms. The Bertz CT molecular complexity index is 1060. The monoisotopic (exact) mass is 462 g/mol. The lowest BCUT2D eigenvalue weighted by Gasteiger charge is -2.17. The van der Waals surface area contributed by atoms with E-state index in [1.165, 1.54) is 0 Å². The first-order valence-electron chi connectivity index (χ1n) is 11.4. The molecule has 3 aromatic rings. The third-order valence-electron chi connectivity index (χ3n) is 5.10. The third-order valence-corrected chi connectivity index (χ3v) is 5.10. The van der Waals surface area contributed by atoms with Crippen molar-refractivity contribution in [3.8, 4) is 11.5 Å². The normalized spacial score (nSPS) is 11.4. The number of esters is 1. The van der Waals surface area contributed by atoms with Crippen LogP contribution >= 0.6 is 0 Å². The first kappa shape index (κ1) is 24.8. The highest BCUT2D eigenvalue weighted by molar-refractivity contribution is 5.95. The number of rotatable bonds is 12. The van der Waals surface area contributed by atoms with Crippen LogP contribution in [0.25, 0.3) is 0 Å². The maximum atomic E-state index is 12.9. The van der Waals surface area contributed by atoms with E-state index in [9.17, 15) is 9.59 Å². The number of hydrogen-bond donors (Lipinski definition) is 1. The fourth-order valence-corrected chi connectivity index (χ4v) is 3.39. The van der Waals surface area contributed by atoms with E-state index in [0.717, 1.165) is 11.1 Å². The first-order chi connectivity index (χ1) is 16.6. The molecule has 1 atom stereocenters. The standard InChI is InChI=1S/C27H30N2O5/c1-3-32-25-17-22(10-11-24(25)34-19-21-12-14-28-15-13-21)26(30)29-18-23(27(31)33-4-2)16-20-8-6-5-7-9-20/h5-15,17,23H,3-4,16,18-19H2,1-2H3,(H,29,30). The zero-order valence-electron chi connectivity index (χ0n) is 19.5. The van der Waals surface area contributed by atoms with Gasteiger partial charge in [0.15, 0.2) is 11.5 Å². The van der Waals surface area contributed by atoms with E-state index in [2.05, 4.69) is 10.3 Å². The molecule has 0 spiro atoms. The number of hydrogen-bond acceptors (Lipinski definition) is 6. The molecule has 1 amide bonds. The van der Waals surface area contributed by atoms with Crippen molar-refractivity contribution in [2.75, 3.05) is 19.8 Å². The average Bonchev–Trinajstić information content (AvgIpc) is 2.87. The Hall–Kier alpha value is -3.87. The third kappa shape index (κ3) is 7.33. The minimum absolute atomic E-state index is 0.164. The quantitative estimate of drug-likeness (QED) is 0.406. The zero-order chi connectivity index (χ0) is 24.2. The Morgan fingerprint density at radius 1 is 0.882 bits per heavy atom. The molecule has 1 N–H and O–H groups in total. The van der Waals surface area contributed by atoms with E-state index in [-0.39, 0.29) is 25.0 Å². The van der Waals surface area contributed by atoms with Crippen LogP contribution in [-0.4, -0.2) is 36.6 Å². The highest BCUT2D eigenvalue weighted by Crippen LogP contribution is 2.29. The van der Waals surface area contributed by atoms with E-state index >= 15 is 0 Å². The number of pyridine rings is 1. The number of nitrogens with one attached hydrogen (secondary N) is 1. The van der Waals surface area contributed by atoms with Crippen molar-refractivity contribution in [3.63, 3.8) is 0 Å². The SMILES string of the molecule is CCOC(=O)C(CNC(=O)c1ccc(OCc2ccncc2)c(OCC)c1)Cc1ccccc1. The molecule has 3 rings (SSSR count). The van der Waals surface area contributed by atoms with E-state index in [0.29, 0.717) is 36.7 Å². The van der Waals surface area contributed by atoms with Crippen molar-refractivity contribution >= 4 is 11.9 Å². The van der Waals surface area contributed by atoms with Gasteiger partial charge < -0.3 is 19.5 Å². The molecule has 178 valence electrons. The molecule has 1 heterocycles. The van der Waals surface area contributed by atoms with Gasteiger partial charge >= 0.3 is 5.97 Å². The van der Waals surface area contributed by atoms with E-state index < -0.39 is 5.92 Å². The van der Waals surface area contributed by atoms with Gasteiger partial charge in [-0.2, -0.15) is 0 Å². The molecule has 0 saturated carbocycles. The summed E-state index contributed by atoms with van der Waals surface area (Å²) in [5.74, 6) is -0.0923. The summed E-state index contributed by atoms with van der Waals surface area (Å²) in [6.45, 7) is 4.87. The van der Waals surface area contributed by atoms with Gasteiger partial charge in [0.1, 0.15) is 6.61 Å². The molecule has 2 aromatic carbocycles. The number of carbonyl (C=O) groups excluding carboxylic acids is 2. The molecule has 0 aliphatic heterocycles. The van der Waals surface area contributed by atoms with Crippen LogP contribution in [0.5, 0.6) is 11.5 Å². The van der Waals surface area contributed by atoms with Gasteiger partial charge in [0.05, 0.1) is 19.1 Å². The summed E-state index contributed by atoms with van der Waals surface area (Å²) in [7, 11) is 0. The smallest absolute Gasteiger partial charge is 0.311 e. The molecule has 34 heavy (non-hydrogen) atoms. The van der Waals surface area contributed by atoms with Crippen molar-refractivity contribution < 1.29 is 23.8 Å². The number of aromatic nitrogens is 1. The van der Waals surface area contributed by atoms with Crippen LogP contribution in [0.3, 0.4) is 0 Å². The van der Waals surface area contributed by atoms with Gasteiger partial charge in [0, 0.05) is 24.5 Å². The van der Waals surface area contributed by atoms with E-state index in [4.69, 9.17) is 14.2 Å². The minimum atomic E-state index is -0.486. The van der Waals surface area contributed by atoms with Gasteiger partial charge in [-0.1, -0.05) is 30.3 Å². The molecule has 1 unspecified atom stereocenters. The van der Waals surface area contributed by atoms with Crippen LogP contribution in [0, 0.1) is 5.92 Å². The average molecular weight is 463 g/mol. The van der Waals surface area contributed by atoms with Crippen LogP contribution in [0.15, 0.2) is 73.1 Å². The Morgan fingerprint density at radius 2 is 1.65 bits per heavy atom. The summed E-state index contributed by atoms with van der Waals surface area (Å²) in [4.78, 5) is 29.3. The van der Waals surface area contributed by atoms with Crippen molar-refractivity contribution in [3.05, 3.63) is 89.7 Å². The second kappa shape index (κ2) is 13.0. The second-order valence-corrected chi connectivity index (χ2v) is 7.59. The fraction of sp³-hybridized carbons (Fsp3) is 0.296. The van der Waals surface area contributed by atoms with Gasteiger partial charge in [-0.3, -0.25) is 14.6 Å². The summed E-state index contributed by atoms with van der Waals surface area (Å²) in [6.07, 6.45) is 3.89. The predicted molar refractivity (Wildman–Crippen MR) is 129 cm³/mol. The summed E-state index contributed by atoms with van der Waals surface area (Å²) in [5.41, 5.74) is 2.40. The van der Waals surface area contributed by atoms with Gasteiger partial charge in [-0.25, -0.2) is 0 Å². The molecule has 0 aliphatic carbocycles. The van der Waals surface area contributed by atoms with Gasteiger partial charge in [-0.05, 0) is 61.7 Å². The highest BCUT2D eigenvalue weighted by Gasteiger charge is 2.22. The molecule has 0 fully saturated rings. The van der Waals surface area contributed by atoms with Crippen molar-refractivity contribution in [2.45, 2.75) is 26.9 Å². The fourth-order valence-electron chi connectivity index (χ4n) is 3.39. The summed E-state index contributed by atoms with van der Waals surface area (Å²) in [5, 5.41) is 2.86. The molecule has 7 nitrogen and oxygen atoms in total. The Morgan fingerprint density at radius 3 is 2.35 bits per heavy atom. The summed E-state index contributed by atoms with van der Waals surface area (Å²) in [6, 6.07) is 18.5. The molecule has 0 bridgehead atoms. The Balaban J connectivity index is 1.66. The maximum Gasteiger partial charge on any atom is 0.311 e. The van der Waals surface area contributed by atoms with Crippen LogP contribution in [0.1, 0.15) is 35.3 Å². The molecule has 1 aromatic heterocycles. The molecule has 0 saturated heterocycles. The molecule has 0 radical (unpaired) electrons. The van der Waals surface area contributed by atoms with Crippen molar-refractivity contribution in [1.29, 1.82) is 0 Å². The van der Waals surface area contributed by atoms with Gasteiger partial charge in [0.25, 0.3) is 5.91 Å². The Kier molecular flexibility index (Phi) is 9.46. The molecular formula is C27H30N2O5. The van der Waals surface area contributed by atoms with Crippen LogP contribution in [0.2, 0.25) is 0 Å². The summed E-state index contributed by atoms with van der Waals surface area (Å²) >= 11 is 0. The zero-order valence-corrected chi connectivity index (χ0v) is 19.5. The number of nitrogens with zero attached hydrogens (tertiary/aromatic N) is 1. The van der Waals surface area contributed by atoms with E-state index in [1.54, 1.807) is 37.5 Å². The number of carbonyl (C=O) groups is 2. The second-order valence-electron chi connectivity index (χ2n) is 7.59. The van der Waals surface area contributed by atoms with Gasteiger partial charge in [0.2, 0.25) is 0 Å². The first-order valence-corrected chi connectivity index (χ1v) is 11.4. The van der Waals surface area contributed by atoms with Crippen LogP contribution in [0.4, 0.5) is 0 Å². The lowest BCUT2D eigenvalue weighted by molar-refractivity contribution is -0.147. The topological polar surface area (TPSA) is 86.8 Å². The van der Waals surface area contributed by atoms with Crippen molar-refractivity contribution in [2.24, 2.45) is 5.92 Å². The van der Waals surface area contributed by atoms with Crippen LogP contribution < -0.4 is 14.8 Å². The molecular weight excluding hydrogens is 432 g/mol. The highest BCUT2D eigenvalue weighted by atomic mass is 16.5. The number of benzene rings is 2. The lowest BCUT2D eigenvalue weighted by atomic mass is 9.99. The lowest BCUT2D eigenvalue weighted by Crippen LogP contribution is -2.35. The molecule has 0 aliphatic rings. The van der Waals surface area contributed by atoms with E-state index in [1.807, 2.05) is 49.4 Å². The van der Waals surface area contributed by atoms with Crippen LogP contribution in [-0.2, 0) is 22.6 Å². The number of ether oxygens (including phenoxy) is 3. The maximum absolute atomic E-state index is 12.9.